The van der Waals surface area contributed by atoms with Gasteiger partial charge in [0, 0.05) is 0 Å². The lowest BCUT2D eigenvalue weighted by Crippen LogP contribution is -2.13. The van der Waals surface area contributed by atoms with E-state index in [0.717, 1.165) is 11.1 Å². The van der Waals surface area contributed by atoms with Gasteiger partial charge in [-0.3, -0.25) is 10.1 Å². The summed E-state index contributed by atoms with van der Waals surface area (Å²) in [6.07, 6.45) is 0.461. The van der Waals surface area contributed by atoms with Crippen molar-refractivity contribution in [3.8, 4) is 0 Å². The van der Waals surface area contributed by atoms with Crippen LogP contribution in [-0.2, 0) is 6.42 Å². The summed E-state index contributed by atoms with van der Waals surface area (Å²) >= 11 is 0. The van der Waals surface area contributed by atoms with Gasteiger partial charge in [0.1, 0.15) is 5.82 Å². The Morgan fingerprint density at radius 2 is 1.87 bits per heavy atom. The van der Waals surface area contributed by atoms with Crippen LogP contribution in [0.4, 0.5) is 10.4 Å². The highest BCUT2D eigenvalue weighted by Crippen LogP contribution is 2.14. The molecule has 0 radical (unpaired) electrons. The van der Waals surface area contributed by atoms with Crippen molar-refractivity contribution in [2.45, 2.75) is 13.3 Å². The van der Waals surface area contributed by atoms with Gasteiger partial charge in [0.05, 0.1) is 12.0 Å². The Kier molecular flexibility index (Phi) is 4.14. The zero-order valence-electron chi connectivity index (χ0n) is 12.4. The first kappa shape index (κ1) is 14.9. The molecule has 1 N–H and O–H groups in total. The van der Waals surface area contributed by atoms with Gasteiger partial charge in [-0.25, -0.2) is 4.39 Å². The summed E-state index contributed by atoms with van der Waals surface area (Å²) in [4.78, 5) is 12.0. The molecular formula is C17H14FN3O2. The van der Waals surface area contributed by atoms with Gasteiger partial charge in [0.2, 0.25) is 5.89 Å². The van der Waals surface area contributed by atoms with Gasteiger partial charge in [0.25, 0.3) is 5.91 Å². The zero-order chi connectivity index (χ0) is 16.2. The van der Waals surface area contributed by atoms with Crippen molar-refractivity contribution < 1.29 is 13.6 Å². The Morgan fingerprint density at radius 3 is 2.61 bits per heavy atom. The normalized spacial score (nSPS) is 10.5. The summed E-state index contributed by atoms with van der Waals surface area (Å²) in [7, 11) is 0. The van der Waals surface area contributed by atoms with Crippen LogP contribution in [0.5, 0.6) is 0 Å². The monoisotopic (exact) mass is 311 g/mol. The molecule has 0 aliphatic rings. The predicted octanol–water partition coefficient (Wildman–Crippen LogP) is 3.36. The number of hydrogen-bond donors (Lipinski definition) is 1. The first-order valence-corrected chi connectivity index (χ1v) is 7.05. The molecule has 0 bridgehead atoms. The van der Waals surface area contributed by atoms with Crippen molar-refractivity contribution in [1.82, 2.24) is 10.2 Å². The third-order valence-electron chi connectivity index (χ3n) is 3.28. The molecule has 0 atom stereocenters. The van der Waals surface area contributed by atoms with E-state index in [-0.39, 0.29) is 11.6 Å². The van der Waals surface area contributed by atoms with Crippen LogP contribution >= 0.6 is 0 Å². The minimum Gasteiger partial charge on any atom is -0.407 e. The lowest BCUT2D eigenvalue weighted by atomic mass is 10.1. The number of benzene rings is 2. The molecule has 5 nitrogen and oxygen atoms in total. The Bertz CT molecular complexity index is 828. The van der Waals surface area contributed by atoms with Gasteiger partial charge in [-0.2, -0.15) is 0 Å². The molecule has 1 amide bonds. The van der Waals surface area contributed by atoms with Crippen molar-refractivity contribution in [3.63, 3.8) is 0 Å². The Balaban J connectivity index is 1.69. The van der Waals surface area contributed by atoms with Gasteiger partial charge in [-0.05, 0) is 24.6 Å². The molecule has 0 saturated heterocycles. The number of aromatic nitrogens is 2. The van der Waals surface area contributed by atoms with E-state index >= 15 is 0 Å². The molecule has 0 aliphatic heterocycles. The third kappa shape index (κ3) is 3.60. The molecule has 0 spiro atoms. The molecule has 116 valence electrons. The Hall–Kier alpha value is -3.02. The lowest BCUT2D eigenvalue weighted by Gasteiger charge is -2.01. The minimum atomic E-state index is -0.631. The fourth-order valence-corrected chi connectivity index (χ4v) is 2.07. The molecule has 3 aromatic rings. The summed E-state index contributed by atoms with van der Waals surface area (Å²) in [6.45, 7) is 2.01. The molecule has 0 aliphatic carbocycles. The van der Waals surface area contributed by atoms with E-state index in [2.05, 4.69) is 15.5 Å². The number of carbonyl (C=O) groups excluding carboxylic acids is 1. The molecular weight excluding hydrogens is 297 g/mol. The molecule has 23 heavy (non-hydrogen) atoms. The van der Waals surface area contributed by atoms with Crippen molar-refractivity contribution >= 4 is 11.9 Å². The predicted molar refractivity (Wildman–Crippen MR) is 82.6 cm³/mol. The highest BCUT2D eigenvalue weighted by Gasteiger charge is 2.14. The second-order valence-electron chi connectivity index (χ2n) is 5.10. The fraction of sp³-hybridized carbons (Fsp3) is 0.118. The molecule has 2 aromatic carbocycles. The Labute approximate surface area is 132 Å². The zero-order valence-corrected chi connectivity index (χ0v) is 12.4. The van der Waals surface area contributed by atoms with Crippen molar-refractivity contribution in [3.05, 3.63) is 76.9 Å². The maximum absolute atomic E-state index is 13.5. The van der Waals surface area contributed by atoms with E-state index in [1.54, 1.807) is 6.07 Å². The SMILES string of the molecule is Cc1ccc(Cc2nnc(NC(=O)c3ccccc3F)o2)cc1. The molecule has 0 saturated carbocycles. The molecule has 1 aromatic heterocycles. The van der Waals surface area contributed by atoms with E-state index < -0.39 is 11.7 Å². The first-order valence-electron chi connectivity index (χ1n) is 7.05. The highest BCUT2D eigenvalue weighted by molar-refractivity contribution is 6.03. The number of nitrogens with one attached hydrogen (secondary N) is 1. The number of carbonyl (C=O) groups is 1. The maximum Gasteiger partial charge on any atom is 0.322 e. The minimum absolute atomic E-state index is 0.0552. The van der Waals surface area contributed by atoms with E-state index in [1.165, 1.54) is 18.2 Å². The van der Waals surface area contributed by atoms with Crippen molar-refractivity contribution in [2.24, 2.45) is 0 Å². The average Bonchev–Trinajstić information content (AvgIpc) is 2.97. The van der Waals surface area contributed by atoms with E-state index in [0.29, 0.717) is 12.3 Å². The number of rotatable bonds is 4. The Morgan fingerprint density at radius 1 is 1.13 bits per heavy atom. The van der Waals surface area contributed by atoms with Crippen LogP contribution in [0.2, 0.25) is 0 Å². The standard InChI is InChI=1S/C17H14FN3O2/c1-11-6-8-12(9-7-11)10-15-20-21-17(23-15)19-16(22)13-4-2-3-5-14(13)18/h2-9H,10H2,1H3,(H,19,21,22). The summed E-state index contributed by atoms with van der Waals surface area (Å²) < 4.78 is 18.9. The van der Waals surface area contributed by atoms with Gasteiger partial charge in [-0.1, -0.05) is 47.1 Å². The quantitative estimate of drug-likeness (QED) is 0.802. The number of amides is 1. The fourth-order valence-electron chi connectivity index (χ4n) is 2.07. The average molecular weight is 311 g/mol. The topological polar surface area (TPSA) is 68.0 Å². The summed E-state index contributed by atoms with van der Waals surface area (Å²) in [6, 6.07) is 13.6. The molecule has 0 unspecified atom stereocenters. The van der Waals surface area contributed by atoms with Crippen LogP contribution in [-0.4, -0.2) is 16.1 Å². The molecule has 1 heterocycles. The maximum atomic E-state index is 13.5. The van der Waals surface area contributed by atoms with Gasteiger partial charge in [-0.15, -0.1) is 5.10 Å². The van der Waals surface area contributed by atoms with Gasteiger partial charge >= 0.3 is 6.01 Å². The first-order chi connectivity index (χ1) is 11.1. The van der Waals surface area contributed by atoms with Crippen LogP contribution in [0.3, 0.4) is 0 Å². The van der Waals surface area contributed by atoms with Crippen LogP contribution in [0.1, 0.15) is 27.4 Å². The summed E-state index contributed by atoms with van der Waals surface area (Å²) in [5.74, 6) is -0.865. The van der Waals surface area contributed by atoms with Crippen LogP contribution in [0.25, 0.3) is 0 Å². The number of aryl methyl sites for hydroxylation is 1. The van der Waals surface area contributed by atoms with E-state index in [1.807, 2.05) is 31.2 Å². The summed E-state index contributed by atoms with van der Waals surface area (Å²) in [5.41, 5.74) is 2.11. The van der Waals surface area contributed by atoms with Crippen molar-refractivity contribution in [1.29, 1.82) is 0 Å². The third-order valence-corrected chi connectivity index (χ3v) is 3.28. The van der Waals surface area contributed by atoms with E-state index in [9.17, 15) is 9.18 Å². The highest BCUT2D eigenvalue weighted by atomic mass is 19.1. The van der Waals surface area contributed by atoms with Crippen molar-refractivity contribution in [2.75, 3.05) is 5.32 Å². The molecule has 3 rings (SSSR count). The number of nitrogens with zero attached hydrogens (tertiary/aromatic N) is 2. The smallest absolute Gasteiger partial charge is 0.322 e. The molecule has 0 fully saturated rings. The largest absolute Gasteiger partial charge is 0.407 e. The number of hydrogen-bond acceptors (Lipinski definition) is 4. The second kappa shape index (κ2) is 6.39. The van der Waals surface area contributed by atoms with Gasteiger partial charge < -0.3 is 4.42 Å². The number of halogens is 1. The lowest BCUT2D eigenvalue weighted by molar-refractivity contribution is 0.102. The van der Waals surface area contributed by atoms with Gasteiger partial charge in [0.15, 0.2) is 0 Å². The second-order valence-corrected chi connectivity index (χ2v) is 5.10. The molecule has 6 heteroatoms. The summed E-state index contributed by atoms with van der Waals surface area (Å²) in [5, 5.41) is 10.0. The van der Waals surface area contributed by atoms with Crippen LogP contribution in [0, 0.1) is 12.7 Å². The van der Waals surface area contributed by atoms with Crippen LogP contribution < -0.4 is 5.32 Å². The van der Waals surface area contributed by atoms with E-state index in [4.69, 9.17) is 4.42 Å². The van der Waals surface area contributed by atoms with Crippen LogP contribution in [0.15, 0.2) is 52.9 Å². The number of anilines is 1.